The number of unbranched alkanes of at least 4 members (excludes halogenated alkanes) is 2. The van der Waals surface area contributed by atoms with E-state index in [1.165, 1.54) is 24.6 Å². The van der Waals surface area contributed by atoms with Crippen LogP contribution < -0.4 is 10.2 Å². The van der Waals surface area contributed by atoms with E-state index in [-0.39, 0.29) is 5.91 Å². The zero-order valence-corrected chi connectivity index (χ0v) is 10.7. The van der Waals surface area contributed by atoms with Crippen molar-refractivity contribution < 1.29 is 4.79 Å². The summed E-state index contributed by atoms with van der Waals surface area (Å²) in [7, 11) is 0. The molecule has 0 radical (unpaired) electrons. The van der Waals surface area contributed by atoms with Gasteiger partial charge in [0.2, 0.25) is 0 Å². The molecule has 2 nitrogen and oxygen atoms in total. The molecule has 0 spiro atoms. The number of rotatable bonds is 6. The van der Waals surface area contributed by atoms with Gasteiger partial charge in [-0.05, 0) is 0 Å². The molecule has 82 valence electrons. The van der Waals surface area contributed by atoms with Crippen molar-refractivity contribution in [2.45, 2.75) is 31.5 Å². The van der Waals surface area contributed by atoms with Gasteiger partial charge in [0.15, 0.2) is 0 Å². The van der Waals surface area contributed by atoms with E-state index in [1.54, 1.807) is 0 Å². The molecule has 0 atom stereocenters. The van der Waals surface area contributed by atoms with Gasteiger partial charge in [-0.2, -0.15) is 0 Å². The molecule has 1 rings (SSSR count). The molecule has 0 aliphatic heterocycles. The van der Waals surface area contributed by atoms with Crippen LogP contribution in [0.3, 0.4) is 0 Å². The van der Waals surface area contributed by atoms with Crippen molar-refractivity contribution in [2.75, 3.05) is 0 Å². The molecular weight excluding hydrogens is 253 g/mol. The minimum absolute atomic E-state index is 0.303. The van der Waals surface area contributed by atoms with Crippen molar-refractivity contribution in [1.82, 2.24) is 0 Å². The van der Waals surface area contributed by atoms with Gasteiger partial charge in [0, 0.05) is 0 Å². The average molecular weight is 270 g/mol. The quantitative estimate of drug-likeness (QED) is 0.621. The molecule has 0 fully saturated rings. The topological polar surface area (TPSA) is 43.1 Å². The first-order chi connectivity index (χ1) is 7.25. The van der Waals surface area contributed by atoms with Crippen LogP contribution in [0.4, 0.5) is 0 Å². The van der Waals surface area contributed by atoms with Gasteiger partial charge in [0.05, 0.1) is 0 Å². The summed E-state index contributed by atoms with van der Waals surface area (Å²) in [5, 5.41) is 1.20. The van der Waals surface area contributed by atoms with Crippen molar-refractivity contribution in [3.05, 3.63) is 29.8 Å². The number of primary amides is 1. The minimum atomic E-state index is -0.303. The zero-order chi connectivity index (χ0) is 11.1. The fraction of sp³-hybridized carbons (Fsp3) is 0.417. The van der Waals surface area contributed by atoms with E-state index in [1.807, 2.05) is 24.3 Å². The molecule has 1 aromatic rings. The van der Waals surface area contributed by atoms with E-state index in [0.29, 0.717) is 20.5 Å². The monoisotopic (exact) mass is 271 g/mol. The van der Waals surface area contributed by atoms with E-state index in [0.717, 1.165) is 4.46 Å². The van der Waals surface area contributed by atoms with Crippen LogP contribution in [0.25, 0.3) is 0 Å². The fourth-order valence-corrected chi connectivity index (χ4v) is 3.57. The van der Waals surface area contributed by atoms with E-state index in [4.69, 9.17) is 5.73 Å². The molecule has 0 unspecified atom stereocenters. The van der Waals surface area contributed by atoms with Gasteiger partial charge in [0.1, 0.15) is 0 Å². The second kappa shape index (κ2) is 6.65. The van der Waals surface area contributed by atoms with Crippen LogP contribution in [0.15, 0.2) is 24.3 Å². The zero-order valence-electron chi connectivity index (χ0n) is 9.03. The van der Waals surface area contributed by atoms with Crippen molar-refractivity contribution in [2.24, 2.45) is 5.73 Å². The van der Waals surface area contributed by atoms with Crippen LogP contribution >= 0.6 is 0 Å². The first-order valence-electron chi connectivity index (χ1n) is 5.27. The number of benzene rings is 1. The molecule has 0 aliphatic carbocycles. The van der Waals surface area contributed by atoms with Crippen molar-refractivity contribution in [3.8, 4) is 0 Å². The second-order valence-corrected chi connectivity index (χ2v) is 5.80. The Morgan fingerprint density at radius 2 is 2.07 bits per heavy atom. The third-order valence-electron chi connectivity index (χ3n) is 2.16. The molecule has 0 aliphatic rings. The van der Waals surface area contributed by atoms with Crippen LogP contribution in [-0.4, -0.2) is 20.9 Å². The van der Waals surface area contributed by atoms with Gasteiger partial charge in [-0.25, -0.2) is 0 Å². The standard InChI is InChI=1S/C12H17NOSe/c1-2-3-6-9-15-11-8-5-4-7-10(11)12(13)14/h4-5,7-8H,2-3,6,9H2,1H3,(H2,13,14). The predicted octanol–water partition coefficient (Wildman–Crippen LogP) is 1.72. The summed E-state index contributed by atoms with van der Waals surface area (Å²) in [4.78, 5) is 11.1. The van der Waals surface area contributed by atoms with Gasteiger partial charge < -0.3 is 0 Å². The second-order valence-electron chi connectivity index (χ2n) is 3.42. The summed E-state index contributed by atoms with van der Waals surface area (Å²) in [6.07, 6.45) is 3.78. The third-order valence-corrected chi connectivity index (χ3v) is 4.59. The first kappa shape index (κ1) is 12.3. The van der Waals surface area contributed by atoms with E-state index < -0.39 is 0 Å². The van der Waals surface area contributed by atoms with Crippen molar-refractivity contribution in [3.63, 3.8) is 0 Å². The fourth-order valence-electron chi connectivity index (χ4n) is 1.33. The Balaban J connectivity index is 2.56. The Morgan fingerprint density at radius 1 is 1.33 bits per heavy atom. The Hall–Kier alpha value is -0.791. The van der Waals surface area contributed by atoms with Gasteiger partial charge in [-0.15, -0.1) is 0 Å². The number of hydrogen-bond acceptors (Lipinski definition) is 1. The maximum absolute atomic E-state index is 11.1. The molecule has 1 amide bonds. The third kappa shape index (κ3) is 4.06. The molecule has 1 aromatic carbocycles. The Labute approximate surface area is 97.4 Å². The number of nitrogens with two attached hydrogens (primary N) is 1. The van der Waals surface area contributed by atoms with Crippen molar-refractivity contribution in [1.29, 1.82) is 0 Å². The van der Waals surface area contributed by atoms with Crippen LogP contribution in [0, 0.1) is 0 Å². The Kier molecular flexibility index (Phi) is 5.44. The predicted molar refractivity (Wildman–Crippen MR) is 64.7 cm³/mol. The summed E-state index contributed by atoms with van der Waals surface area (Å²) in [6.45, 7) is 2.20. The van der Waals surface area contributed by atoms with Crippen LogP contribution in [0.5, 0.6) is 0 Å². The SMILES string of the molecule is CCCCC[Se]c1ccccc1C(N)=O. The normalized spacial score (nSPS) is 10.2. The van der Waals surface area contributed by atoms with Gasteiger partial charge in [-0.1, -0.05) is 0 Å². The molecule has 0 saturated heterocycles. The number of carbonyl (C=O) groups excluding carboxylic acids is 1. The van der Waals surface area contributed by atoms with Crippen LogP contribution in [0.1, 0.15) is 36.5 Å². The van der Waals surface area contributed by atoms with E-state index in [9.17, 15) is 4.79 Å². The summed E-state index contributed by atoms with van der Waals surface area (Å²) in [5.74, 6) is -0.303. The molecule has 15 heavy (non-hydrogen) atoms. The molecule has 0 saturated carbocycles. The van der Waals surface area contributed by atoms with Crippen molar-refractivity contribution >= 4 is 25.3 Å². The first-order valence-corrected chi connectivity index (χ1v) is 7.34. The summed E-state index contributed by atoms with van der Waals surface area (Å²) >= 11 is 0.390. The van der Waals surface area contributed by atoms with Crippen LogP contribution in [0.2, 0.25) is 5.32 Å². The molecule has 2 N–H and O–H groups in total. The Bertz CT molecular complexity index is 325. The van der Waals surface area contributed by atoms with E-state index >= 15 is 0 Å². The number of amides is 1. The van der Waals surface area contributed by atoms with Gasteiger partial charge in [0.25, 0.3) is 0 Å². The molecular formula is C12H17NOSe. The molecule has 0 bridgehead atoms. The number of carbonyl (C=O) groups is 1. The Morgan fingerprint density at radius 3 is 2.73 bits per heavy atom. The maximum atomic E-state index is 11.1. The molecule has 0 heterocycles. The van der Waals surface area contributed by atoms with Crippen LogP contribution in [-0.2, 0) is 0 Å². The van der Waals surface area contributed by atoms with Gasteiger partial charge in [-0.3, -0.25) is 0 Å². The molecule has 0 aromatic heterocycles. The molecule has 3 heteroatoms. The average Bonchev–Trinajstić information content (AvgIpc) is 2.25. The summed E-state index contributed by atoms with van der Waals surface area (Å²) in [6, 6.07) is 7.68. The number of hydrogen-bond donors (Lipinski definition) is 1. The van der Waals surface area contributed by atoms with E-state index in [2.05, 4.69) is 6.92 Å². The summed E-state index contributed by atoms with van der Waals surface area (Å²) < 4.78 is 1.15. The summed E-state index contributed by atoms with van der Waals surface area (Å²) in [5.41, 5.74) is 6.02. The van der Waals surface area contributed by atoms with Gasteiger partial charge >= 0.3 is 97.2 Å².